The Morgan fingerprint density at radius 2 is 1.74 bits per heavy atom. The molecule has 9 heteroatoms. The van der Waals surface area contributed by atoms with Crippen LogP contribution in [0.2, 0.25) is 0 Å². The average molecular weight is 359 g/mol. The minimum absolute atomic E-state index is 0.0556. The molecule has 9 nitrogen and oxygen atoms in total. The minimum atomic E-state index is -0.495. The lowest BCUT2D eigenvalue weighted by Gasteiger charge is -2.11. The van der Waals surface area contributed by atoms with Crippen LogP contribution in [0.5, 0.6) is 0 Å². The van der Waals surface area contributed by atoms with Crippen molar-refractivity contribution in [1.82, 2.24) is 34.1 Å². The third kappa shape index (κ3) is 2.29. The zero-order valence-electron chi connectivity index (χ0n) is 14.0. The van der Waals surface area contributed by atoms with E-state index in [1.54, 1.807) is 12.1 Å². The summed E-state index contributed by atoms with van der Waals surface area (Å²) in [6.45, 7) is -0.0556. The van der Waals surface area contributed by atoms with E-state index in [9.17, 15) is 9.59 Å². The first kappa shape index (κ1) is 15.3. The highest BCUT2D eigenvalue weighted by Crippen LogP contribution is 2.12. The maximum absolute atomic E-state index is 13.2. The van der Waals surface area contributed by atoms with E-state index in [1.807, 2.05) is 42.5 Å². The molecule has 3 aromatic heterocycles. The van der Waals surface area contributed by atoms with E-state index in [4.69, 9.17) is 0 Å². The molecule has 0 saturated carbocycles. The summed E-state index contributed by atoms with van der Waals surface area (Å²) >= 11 is 0. The van der Waals surface area contributed by atoms with Crippen molar-refractivity contribution < 1.29 is 0 Å². The van der Waals surface area contributed by atoms with E-state index in [-0.39, 0.29) is 17.8 Å². The molecular weight excluding hydrogens is 346 g/mol. The number of para-hydroxylation sites is 2. The molecule has 0 amide bonds. The van der Waals surface area contributed by atoms with Gasteiger partial charge in [-0.15, -0.1) is 5.10 Å². The van der Waals surface area contributed by atoms with Crippen molar-refractivity contribution in [2.75, 3.05) is 0 Å². The van der Waals surface area contributed by atoms with Crippen molar-refractivity contribution in [3.63, 3.8) is 0 Å². The normalized spacial score (nSPS) is 11.4. The van der Waals surface area contributed by atoms with Crippen molar-refractivity contribution in [2.45, 2.75) is 6.67 Å². The number of aromatic amines is 1. The summed E-state index contributed by atoms with van der Waals surface area (Å²) in [7, 11) is 0. The van der Waals surface area contributed by atoms with E-state index in [0.29, 0.717) is 11.2 Å². The van der Waals surface area contributed by atoms with Gasteiger partial charge in [0.05, 0.1) is 17.5 Å². The summed E-state index contributed by atoms with van der Waals surface area (Å²) in [4.78, 5) is 33.0. The van der Waals surface area contributed by atoms with E-state index >= 15 is 0 Å². The number of imidazole rings is 1. The number of benzene rings is 2. The van der Waals surface area contributed by atoms with Crippen LogP contribution in [0.25, 0.3) is 27.9 Å². The van der Waals surface area contributed by atoms with E-state index in [1.165, 1.54) is 15.6 Å². The van der Waals surface area contributed by atoms with Crippen LogP contribution in [-0.2, 0) is 6.67 Å². The summed E-state index contributed by atoms with van der Waals surface area (Å²) in [6, 6.07) is 16.4. The van der Waals surface area contributed by atoms with Gasteiger partial charge >= 0.3 is 5.69 Å². The predicted molar refractivity (Wildman–Crippen MR) is 98.9 cm³/mol. The van der Waals surface area contributed by atoms with Crippen LogP contribution in [0.4, 0.5) is 0 Å². The summed E-state index contributed by atoms with van der Waals surface area (Å²) in [5.41, 5.74) is 1.64. The number of fused-ring (bicyclic) bond motifs is 2. The highest BCUT2D eigenvalue weighted by Gasteiger charge is 2.17. The third-order valence-corrected chi connectivity index (χ3v) is 4.42. The van der Waals surface area contributed by atoms with Gasteiger partial charge < -0.3 is 4.98 Å². The van der Waals surface area contributed by atoms with Gasteiger partial charge in [0.25, 0.3) is 5.56 Å². The van der Waals surface area contributed by atoms with Crippen molar-refractivity contribution >= 4 is 22.2 Å². The van der Waals surface area contributed by atoms with E-state index < -0.39 is 11.2 Å². The summed E-state index contributed by atoms with van der Waals surface area (Å²) in [5, 5.41) is 8.15. The standard InChI is InChI=1S/C18H13N7O2/c26-17-15-16(20-10-19-15)25(12-6-2-1-3-7-12)18(27)23(17)11-24-14-9-5-4-8-13(14)21-22-24/h1-10H,11H2,(H,19,20). The number of hydrogen-bond donors (Lipinski definition) is 1. The zero-order chi connectivity index (χ0) is 18.4. The highest BCUT2D eigenvalue weighted by molar-refractivity contribution is 5.74. The maximum atomic E-state index is 13.2. The third-order valence-electron chi connectivity index (χ3n) is 4.42. The number of H-pyrrole nitrogens is 1. The first-order valence-corrected chi connectivity index (χ1v) is 8.26. The van der Waals surface area contributed by atoms with Crippen LogP contribution in [0, 0.1) is 0 Å². The molecule has 2 aromatic carbocycles. The van der Waals surface area contributed by atoms with Gasteiger partial charge in [-0.25, -0.2) is 23.6 Å². The number of nitrogens with one attached hydrogen (secondary N) is 1. The molecule has 0 aliphatic carbocycles. The molecule has 1 N–H and O–H groups in total. The quantitative estimate of drug-likeness (QED) is 0.520. The Morgan fingerprint density at radius 1 is 0.963 bits per heavy atom. The molecular formula is C18H13N7O2. The summed E-state index contributed by atoms with van der Waals surface area (Å²) in [5.74, 6) is 0. The van der Waals surface area contributed by atoms with Crippen LogP contribution in [-0.4, -0.2) is 34.1 Å². The molecule has 5 rings (SSSR count). The Kier molecular flexibility index (Phi) is 3.26. The van der Waals surface area contributed by atoms with Gasteiger partial charge in [0, 0.05) is 0 Å². The van der Waals surface area contributed by atoms with Crippen LogP contribution in [0.1, 0.15) is 0 Å². The Labute approximate surface area is 151 Å². The molecule has 27 heavy (non-hydrogen) atoms. The lowest BCUT2D eigenvalue weighted by atomic mass is 10.3. The van der Waals surface area contributed by atoms with Crippen molar-refractivity contribution in [3.8, 4) is 5.69 Å². The Hall–Kier alpha value is -4.01. The van der Waals surface area contributed by atoms with Crippen molar-refractivity contribution in [3.05, 3.63) is 81.8 Å². The fourth-order valence-corrected chi connectivity index (χ4v) is 3.14. The van der Waals surface area contributed by atoms with Crippen LogP contribution in [0.15, 0.2) is 70.5 Å². The number of hydrogen-bond acceptors (Lipinski definition) is 5. The molecule has 0 radical (unpaired) electrons. The maximum Gasteiger partial charge on any atom is 0.338 e. The topological polar surface area (TPSA) is 103 Å². The highest BCUT2D eigenvalue weighted by atomic mass is 16.2. The van der Waals surface area contributed by atoms with Gasteiger partial charge in [-0.05, 0) is 24.3 Å². The van der Waals surface area contributed by atoms with Crippen LogP contribution in [0.3, 0.4) is 0 Å². The second kappa shape index (κ2) is 5.77. The minimum Gasteiger partial charge on any atom is -0.339 e. The average Bonchev–Trinajstić information content (AvgIpc) is 3.34. The fraction of sp³-hybridized carbons (Fsp3) is 0.0556. The molecule has 132 valence electrons. The molecule has 0 spiro atoms. The SMILES string of the molecule is O=c1c2[nH]cnc2n(-c2ccccc2)c(=O)n1Cn1nnc2ccccc21. The lowest BCUT2D eigenvalue weighted by Crippen LogP contribution is -2.41. The second-order valence-electron chi connectivity index (χ2n) is 6.01. The Morgan fingerprint density at radius 3 is 2.59 bits per heavy atom. The smallest absolute Gasteiger partial charge is 0.338 e. The molecule has 3 heterocycles. The molecule has 0 aliphatic rings. The van der Waals surface area contributed by atoms with E-state index in [2.05, 4.69) is 20.3 Å². The number of nitrogens with zero attached hydrogens (tertiary/aromatic N) is 6. The van der Waals surface area contributed by atoms with Crippen molar-refractivity contribution in [2.24, 2.45) is 0 Å². The predicted octanol–water partition coefficient (Wildman–Crippen LogP) is 1.13. The number of aromatic nitrogens is 7. The van der Waals surface area contributed by atoms with Gasteiger partial charge in [-0.2, -0.15) is 0 Å². The molecule has 5 aromatic rings. The first-order chi connectivity index (χ1) is 13.2. The molecule has 0 atom stereocenters. The fourth-order valence-electron chi connectivity index (χ4n) is 3.14. The summed E-state index contributed by atoms with van der Waals surface area (Å²) in [6.07, 6.45) is 1.40. The first-order valence-electron chi connectivity index (χ1n) is 8.26. The molecule has 0 aliphatic heterocycles. The second-order valence-corrected chi connectivity index (χ2v) is 6.01. The van der Waals surface area contributed by atoms with Crippen LogP contribution >= 0.6 is 0 Å². The summed E-state index contributed by atoms with van der Waals surface area (Å²) < 4.78 is 4.05. The molecule has 0 unspecified atom stereocenters. The number of rotatable bonds is 3. The zero-order valence-corrected chi connectivity index (χ0v) is 14.0. The lowest BCUT2D eigenvalue weighted by molar-refractivity contribution is 0.508. The largest absolute Gasteiger partial charge is 0.339 e. The van der Waals surface area contributed by atoms with Gasteiger partial charge in [-0.3, -0.25) is 4.79 Å². The van der Waals surface area contributed by atoms with Gasteiger partial charge in [0.1, 0.15) is 17.7 Å². The molecule has 0 fully saturated rings. The Bertz CT molecular complexity index is 1390. The van der Waals surface area contributed by atoms with Crippen LogP contribution < -0.4 is 11.2 Å². The van der Waals surface area contributed by atoms with E-state index in [0.717, 1.165) is 10.1 Å². The molecule has 0 bridgehead atoms. The van der Waals surface area contributed by atoms with Gasteiger partial charge in [-0.1, -0.05) is 35.5 Å². The Balaban J connectivity index is 1.78. The van der Waals surface area contributed by atoms with Gasteiger partial charge in [0.2, 0.25) is 0 Å². The van der Waals surface area contributed by atoms with Crippen molar-refractivity contribution in [1.29, 1.82) is 0 Å². The van der Waals surface area contributed by atoms with Gasteiger partial charge in [0.15, 0.2) is 5.65 Å². The monoisotopic (exact) mass is 359 g/mol. The molecule has 0 saturated heterocycles.